The number of anilines is 2. The van der Waals surface area contributed by atoms with Crippen molar-refractivity contribution in [2.24, 2.45) is 0 Å². The number of morpholine rings is 1. The van der Waals surface area contributed by atoms with Crippen LogP contribution in [0, 0.1) is 0 Å². The lowest BCUT2D eigenvalue weighted by atomic mass is 10.1. The van der Waals surface area contributed by atoms with Crippen LogP contribution in [0.3, 0.4) is 0 Å². The van der Waals surface area contributed by atoms with Gasteiger partial charge in [0, 0.05) is 24.7 Å². The first-order valence-corrected chi connectivity index (χ1v) is 9.51. The van der Waals surface area contributed by atoms with Gasteiger partial charge in [0.1, 0.15) is 5.75 Å². The molecule has 6 nitrogen and oxygen atoms in total. The molecule has 2 aromatic carbocycles. The zero-order valence-corrected chi connectivity index (χ0v) is 15.9. The molecule has 1 saturated heterocycles. The van der Waals surface area contributed by atoms with Gasteiger partial charge in [-0.25, -0.2) is 0 Å². The van der Waals surface area contributed by atoms with Crippen molar-refractivity contribution < 1.29 is 14.3 Å². The van der Waals surface area contributed by atoms with E-state index >= 15 is 0 Å². The highest BCUT2D eigenvalue weighted by atomic mass is 16.5. The molecule has 1 aliphatic rings. The maximum atomic E-state index is 13.2. The molecule has 0 aliphatic carbocycles. The molecule has 3 aromatic rings. The smallest absolute Gasteiger partial charge is 0.257 e. The van der Waals surface area contributed by atoms with Gasteiger partial charge in [0.2, 0.25) is 0 Å². The number of fused-ring (bicyclic) bond motifs is 1. The van der Waals surface area contributed by atoms with Crippen molar-refractivity contribution in [3.8, 4) is 5.75 Å². The minimum Gasteiger partial charge on any atom is -0.492 e. The molecule has 144 valence electrons. The van der Waals surface area contributed by atoms with Crippen LogP contribution in [0.4, 0.5) is 11.4 Å². The predicted molar refractivity (Wildman–Crippen MR) is 109 cm³/mol. The molecule has 0 saturated carbocycles. The fourth-order valence-corrected chi connectivity index (χ4v) is 3.36. The van der Waals surface area contributed by atoms with Gasteiger partial charge in [0.05, 0.1) is 42.3 Å². The average molecular weight is 377 g/mol. The van der Waals surface area contributed by atoms with E-state index in [4.69, 9.17) is 9.47 Å². The molecule has 1 aromatic heterocycles. The topological polar surface area (TPSA) is 63.7 Å². The minimum absolute atomic E-state index is 0.0436. The molecule has 1 fully saturated rings. The summed E-state index contributed by atoms with van der Waals surface area (Å²) in [5.41, 5.74) is 2.94. The van der Waals surface area contributed by atoms with Gasteiger partial charge < -0.3 is 19.7 Å². The Morgan fingerprint density at radius 2 is 1.89 bits per heavy atom. The quantitative estimate of drug-likeness (QED) is 0.732. The third kappa shape index (κ3) is 3.64. The van der Waals surface area contributed by atoms with Gasteiger partial charge in [0.25, 0.3) is 5.91 Å². The molecule has 1 N–H and O–H groups in total. The summed E-state index contributed by atoms with van der Waals surface area (Å²) in [6, 6.07) is 15.5. The maximum Gasteiger partial charge on any atom is 0.257 e. The molecule has 0 bridgehead atoms. The fraction of sp³-hybridized carbons (Fsp3) is 0.273. The van der Waals surface area contributed by atoms with E-state index in [1.54, 1.807) is 6.20 Å². The van der Waals surface area contributed by atoms with Crippen molar-refractivity contribution in [1.29, 1.82) is 0 Å². The van der Waals surface area contributed by atoms with E-state index in [1.165, 1.54) is 0 Å². The van der Waals surface area contributed by atoms with E-state index in [-0.39, 0.29) is 5.91 Å². The normalized spacial score (nSPS) is 14.1. The number of para-hydroxylation sites is 3. The molecule has 0 unspecified atom stereocenters. The van der Waals surface area contributed by atoms with Gasteiger partial charge in [0.15, 0.2) is 0 Å². The highest BCUT2D eigenvalue weighted by Gasteiger charge is 2.23. The number of aromatic nitrogens is 1. The van der Waals surface area contributed by atoms with Crippen LogP contribution in [-0.4, -0.2) is 48.7 Å². The average Bonchev–Trinajstić information content (AvgIpc) is 2.75. The molecule has 1 aliphatic heterocycles. The fourth-order valence-electron chi connectivity index (χ4n) is 3.36. The molecule has 28 heavy (non-hydrogen) atoms. The third-order valence-electron chi connectivity index (χ3n) is 4.75. The largest absolute Gasteiger partial charge is 0.492 e. The number of benzene rings is 2. The van der Waals surface area contributed by atoms with Gasteiger partial charge in [-0.2, -0.15) is 0 Å². The van der Waals surface area contributed by atoms with Crippen LogP contribution in [0.25, 0.3) is 10.9 Å². The Hall–Kier alpha value is -3.12. The number of ether oxygens (including phenoxy) is 2. The van der Waals surface area contributed by atoms with Crippen LogP contribution in [-0.2, 0) is 4.74 Å². The Bertz CT molecular complexity index is 984. The maximum absolute atomic E-state index is 13.2. The number of carbonyl (C=O) groups is 1. The first-order chi connectivity index (χ1) is 13.8. The van der Waals surface area contributed by atoms with Crippen molar-refractivity contribution in [1.82, 2.24) is 9.88 Å². The van der Waals surface area contributed by atoms with E-state index in [0.29, 0.717) is 38.5 Å². The minimum atomic E-state index is -0.0436. The first kappa shape index (κ1) is 18.3. The summed E-state index contributed by atoms with van der Waals surface area (Å²) < 4.78 is 11.1. The Morgan fingerprint density at radius 1 is 1.14 bits per heavy atom. The summed E-state index contributed by atoms with van der Waals surface area (Å²) in [5, 5.41) is 4.34. The zero-order chi connectivity index (χ0) is 19.3. The third-order valence-corrected chi connectivity index (χ3v) is 4.75. The summed E-state index contributed by atoms with van der Waals surface area (Å²) in [6.07, 6.45) is 1.66. The molecule has 0 spiro atoms. The van der Waals surface area contributed by atoms with Gasteiger partial charge in [-0.3, -0.25) is 9.78 Å². The van der Waals surface area contributed by atoms with Crippen molar-refractivity contribution >= 4 is 28.2 Å². The van der Waals surface area contributed by atoms with Gasteiger partial charge >= 0.3 is 0 Å². The predicted octanol–water partition coefficient (Wildman–Crippen LogP) is 3.85. The van der Waals surface area contributed by atoms with Crippen LogP contribution in [0.5, 0.6) is 5.75 Å². The molecule has 2 heterocycles. The SMILES string of the molecule is CCOc1ccccc1Nc1c(C(=O)N2CCOCC2)cnc2ccccc12. The van der Waals surface area contributed by atoms with Crippen LogP contribution < -0.4 is 10.1 Å². The number of hydrogen-bond donors (Lipinski definition) is 1. The molecular weight excluding hydrogens is 354 g/mol. The molecular formula is C22H23N3O3. The zero-order valence-electron chi connectivity index (χ0n) is 15.9. The van der Waals surface area contributed by atoms with Gasteiger partial charge in [-0.05, 0) is 25.1 Å². The lowest BCUT2D eigenvalue weighted by Crippen LogP contribution is -2.41. The van der Waals surface area contributed by atoms with Crippen molar-refractivity contribution in [2.75, 3.05) is 38.2 Å². The number of pyridine rings is 1. The Kier molecular flexibility index (Phi) is 5.39. The standard InChI is InChI=1S/C22H23N3O3/c1-2-28-20-10-6-5-9-19(20)24-21-16-7-3-4-8-18(16)23-15-17(21)22(26)25-11-13-27-14-12-25/h3-10,15H,2,11-14H2,1H3,(H,23,24). The van der Waals surface area contributed by atoms with E-state index in [9.17, 15) is 4.79 Å². The van der Waals surface area contributed by atoms with E-state index in [2.05, 4.69) is 10.3 Å². The number of carbonyl (C=O) groups excluding carboxylic acids is 1. The van der Waals surface area contributed by atoms with Gasteiger partial charge in [-0.15, -0.1) is 0 Å². The van der Waals surface area contributed by atoms with Crippen LogP contribution in [0.1, 0.15) is 17.3 Å². The first-order valence-electron chi connectivity index (χ1n) is 9.51. The molecule has 6 heteroatoms. The van der Waals surface area contributed by atoms with Gasteiger partial charge in [-0.1, -0.05) is 30.3 Å². The number of rotatable bonds is 5. The van der Waals surface area contributed by atoms with Crippen LogP contribution in [0.2, 0.25) is 0 Å². The molecule has 4 rings (SSSR count). The number of nitrogens with one attached hydrogen (secondary N) is 1. The second-order valence-corrected chi connectivity index (χ2v) is 6.52. The summed E-state index contributed by atoms with van der Waals surface area (Å²) in [5.74, 6) is 0.702. The van der Waals surface area contributed by atoms with Crippen molar-refractivity contribution in [3.05, 3.63) is 60.3 Å². The summed E-state index contributed by atoms with van der Waals surface area (Å²) in [6.45, 7) is 4.80. The lowest BCUT2D eigenvalue weighted by molar-refractivity contribution is 0.0303. The summed E-state index contributed by atoms with van der Waals surface area (Å²) in [7, 11) is 0. The highest BCUT2D eigenvalue weighted by Crippen LogP contribution is 2.34. The monoisotopic (exact) mass is 377 g/mol. The molecule has 0 radical (unpaired) electrons. The Balaban J connectivity index is 1.80. The number of amides is 1. The van der Waals surface area contributed by atoms with Crippen molar-refractivity contribution in [2.45, 2.75) is 6.92 Å². The second-order valence-electron chi connectivity index (χ2n) is 6.52. The number of hydrogen-bond acceptors (Lipinski definition) is 5. The summed E-state index contributed by atoms with van der Waals surface area (Å²) in [4.78, 5) is 19.5. The summed E-state index contributed by atoms with van der Waals surface area (Å²) >= 11 is 0. The molecule has 1 amide bonds. The highest BCUT2D eigenvalue weighted by molar-refractivity contribution is 6.08. The van der Waals surface area contributed by atoms with E-state index in [0.717, 1.165) is 28.0 Å². The Morgan fingerprint density at radius 3 is 2.71 bits per heavy atom. The van der Waals surface area contributed by atoms with E-state index in [1.807, 2.05) is 60.4 Å². The van der Waals surface area contributed by atoms with Crippen LogP contribution in [0.15, 0.2) is 54.7 Å². The lowest BCUT2D eigenvalue weighted by Gasteiger charge is -2.28. The van der Waals surface area contributed by atoms with Crippen LogP contribution >= 0.6 is 0 Å². The van der Waals surface area contributed by atoms with E-state index < -0.39 is 0 Å². The second kappa shape index (κ2) is 8.27. The number of nitrogens with zero attached hydrogens (tertiary/aromatic N) is 2. The Labute approximate surface area is 164 Å². The van der Waals surface area contributed by atoms with Crippen molar-refractivity contribution in [3.63, 3.8) is 0 Å². The molecule has 0 atom stereocenters.